The standard InChI is InChI=1S/C17H18N2O3S/c20-11-2-1-3-12(9-11)22-16-7-6-15(23-16)17(21)19-14-8-10-4-5-13(14)18-10/h1-3,6-7,9-10,13-14,18,20H,4-5,8H2,(H,19,21). The molecule has 2 aromatic rings. The summed E-state index contributed by atoms with van der Waals surface area (Å²) in [5, 5.41) is 16.7. The lowest BCUT2D eigenvalue weighted by Crippen LogP contribution is -2.42. The van der Waals surface area contributed by atoms with E-state index in [0.717, 1.165) is 12.8 Å². The Labute approximate surface area is 138 Å². The van der Waals surface area contributed by atoms with Gasteiger partial charge in [-0.1, -0.05) is 17.4 Å². The Morgan fingerprint density at radius 1 is 1.30 bits per heavy atom. The van der Waals surface area contributed by atoms with Gasteiger partial charge in [0.05, 0.1) is 4.88 Å². The Balaban J connectivity index is 1.40. The molecule has 120 valence electrons. The lowest BCUT2D eigenvalue weighted by Gasteiger charge is -2.20. The van der Waals surface area contributed by atoms with E-state index in [2.05, 4.69) is 10.6 Å². The van der Waals surface area contributed by atoms with E-state index in [1.54, 1.807) is 36.4 Å². The maximum absolute atomic E-state index is 12.4. The van der Waals surface area contributed by atoms with Crippen molar-refractivity contribution in [2.24, 2.45) is 0 Å². The number of rotatable bonds is 4. The number of phenols is 1. The van der Waals surface area contributed by atoms with Crippen molar-refractivity contribution in [3.63, 3.8) is 0 Å². The highest BCUT2D eigenvalue weighted by Crippen LogP contribution is 2.32. The summed E-state index contributed by atoms with van der Waals surface area (Å²) in [4.78, 5) is 13.0. The fourth-order valence-electron chi connectivity index (χ4n) is 3.38. The topological polar surface area (TPSA) is 70.6 Å². The molecule has 2 aliphatic heterocycles. The molecule has 3 atom stereocenters. The zero-order chi connectivity index (χ0) is 15.8. The van der Waals surface area contributed by atoms with Crippen LogP contribution in [0.15, 0.2) is 36.4 Å². The van der Waals surface area contributed by atoms with E-state index in [9.17, 15) is 9.90 Å². The Hall–Kier alpha value is -2.05. The van der Waals surface area contributed by atoms with Crippen molar-refractivity contribution in [2.75, 3.05) is 0 Å². The van der Waals surface area contributed by atoms with Gasteiger partial charge < -0.3 is 20.5 Å². The Morgan fingerprint density at radius 3 is 2.96 bits per heavy atom. The first kappa shape index (κ1) is 14.5. The molecule has 0 aliphatic carbocycles. The molecule has 4 rings (SSSR count). The van der Waals surface area contributed by atoms with Crippen molar-refractivity contribution < 1.29 is 14.6 Å². The molecule has 1 aromatic carbocycles. The van der Waals surface area contributed by atoms with Crippen LogP contribution in [0.3, 0.4) is 0 Å². The molecular formula is C17H18N2O3S. The van der Waals surface area contributed by atoms with Crippen LogP contribution in [0.25, 0.3) is 0 Å². The smallest absolute Gasteiger partial charge is 0.261 e. The van der Waals surface area contributed by atoms with Gasteiger partial charge in [0.2, 0.25) is 0 Å². The maximum Gasteiger partial charge on any atom is 0.261 e. The molecule has 3 N–H and O–H groups in total. The number of hydrogen-bond donors (Lipinski definition) is 3. The predicted octanol–water partition coefficient (Wildman–Crippen LogP) is 2.87. The number of carbonyl (C=O) groups is 1. The lowest BCUT2D eigenvalue weighted by atomic mass is 9.95. The average Bonchev–Trinajstić information content (AvgIpc) is 3.23. The number of hydrogen-bond acceptors (Lipinski definition) is 5. The molecule has 1 aromatic heterocycles. The van der Waals surface area contributed by atoms with Crippen LogP contribution in [0.2, 0.25) is 0 Å². The molecular weight excluding hydrogens is 312 g/mol. The van der Waals surface area contributed by atoms with Gasteiger partial charge in [-0.25, -0.2) is 0 Å². The van der Waals surface area contributed by atoms with E-state index in [1.807, 2.05) is 0 Å². The second kappa shape index (κ2) is 5.86. The van der Waals surface area contributed by atoms with Crippen molar-refractivity contribution in [2.45, 2.75) is 37.4 Å². The van der Waals surface area contributed by atoms with Gasteiger partial charge in [0.1, 0.15) is 11.5 Å². The highest BCUT2D eigenvalue weighted by atomic mass is 32.1. The molecule has 5 nitrogen and oxygen atoms in total. The minimum atomic E-state index is -0.0416. The van der Waals surface area contributed by atoms with E-state index in [-0.39, 0.29) is 17.7 Å². The molecule has 0 spiro atoms. The average molecular weight is 330 g/mol. The van der Waals surface area contributed by atoms with Crippen LogP contribution >= 0.6 is 11.3 Å². The first-order chi connectivity index (χ1) is 11.2. The van der Waals surface area contributed by atoms with Gasteiger partial charge in [-0.05, 0) is 43.5 Å². The molecule has 1 amide bonds. The Bertz CT molecular complexity index is 730. The Kier molecular flexibility index (Phi) is 3.71. The highest BCUT2D eigenvalue weighted by Gasteiger charge is 2.39. The van der Waals surface area contributed by atoms with Gasteiger partial charge in [0, 0.05) is 24.2 Å². The summed E-state index contributed by atoms with van der Waals surface area (Å²) in [6.45, 7) is 0. The molecule has 2 bridgehead atoms. The summed E-state index contributed by atoms with van der Waals surface area (Å²) in [7, 11) is 0. The first-order valence-electron chi connectivity index (χ1n) is 7.81. The number of phenolic OH excluding ortho intramolecular Hbond substituents is 1. The normalized spacial score (nSPS) is 25.5. The van der Waals surface area contributed by atoms with Crippen molar-refractivity contribution in [1.82, 2.24) is 10.6 Å². The number of amides is 1. The summed E-state index contributed by atoms with van der Waals surface area (Å²) >= 11 is 1.31. The number of benzene rings is 1. The van der Waals surface area contributed by atoms with E-state index in [1.165, 1.54) is 17.8 Å². The maximum atomic E-state index is 12.4. The van der Waals surface area contributed by atoms with Gasteiger partial charge in [0.15, 0.2) is 5.06 Å². The van der Waals surface area contributed by atoms with Gasteiger partial charge >= 0.3 is 0 Å². The van der Waals surface area contributed by atoms with E-state index < -0.39 is 0 Å². The molecule has 2 saturated heterocycles. The van der Waals surface area contributed by atoms with Crippen molar-refractivity contribution in [3.8, 4) is 16.6 Å². The minimum absolute atomic E-state index is 0.0416. The lowest BCUT2D eigenvalue weighted by molar-refractivity contribution is 0.0935. The summed E-state index contributed by atoms with van der Waals surface area (Å²) < 4.78 is 5.68. The number of thiophene rings is 1. The number of carbonyl (C=O) groups excluding carboxylic acids is 1. The third kappa shape index (κ3) is 3.04. The van der Waals surface area contributed by atoms with Crippen LogP contribution in [0, 0.1) is 0 Å². The van der Waals surface area contributed by atoms with Crippen LogP contribution < -0.4 is 15.4 Å². The zero-order valence-corrected chi connectivity index (χ0v) is 13.3. The molecule has 3 unspecified atom stereocenters. The van der Waals surface area contributed by atoms with Crippen molar-refractivity contribution in [1.29, 1.82) is 0 Å². The summed E-state index contributed by atoms with van der Waals surface area (Å²) in [6.07, 6.45) is 3.39. The van der Waals surface area contributed by atoms with Gasteiger partial charge in [0.25, 0.3) is 5.91 Å². The molecule has 2 aliphatic rings. The summed E-state index contributed by atoms with van der Waals surface area (Å²) in [5.74, 6) is 0.664. The van der Waals surface area contributed by atoms with Crippen molar-refractivity contribution in [3.05, 3.63) is 41.3 Å². The quantitative estimate of drug-likeness (QED) is 0.806. The van der Waals surface area contributed by atoms with Crippen LogP contribution in [0.4, 0.5) is 0 Å². The third-order valence-electron chi connectivity index (χ3n) is 4.46. The third-order valence-corrected chi connectivity index (χ3v) is 5.42. The zero-order valence-electron chi connectivity index (χ0n) is 12.5. The molecule has 0 saturated carbocycles. The van der Waals surface area contributed by atoms with Crippen LogP contribution in [-0.4, -0.2) is 29.1 Å². The van der Waals surface area contributed by atoms with Gasteiger partial charge in [-0.15, -0.1) is 0 Å². The van der Waals surface area contributed by atoms with E-state index in [4.69, 9.17) is 4.74 Å². The number of nitrogens with one attached hydrogen (secondary N) is 2. The fourth-order valence-corrected chi connectivity index (χ4v) is 4.16. The van der Waals surface area contributed by atoms with E-state index in [0.29, 0.717) is 27.8 Å². The molecule has 23 heavy (non-hydrogen) atoms. The van der Waals surface area contributed by atoms with Crippen LogP contribution in [-0.2, 0) is 0 Å². The molecule has 3 heterocycles. The highest BCUT2D eigenvalue weighted by molar-refractivity contribution is 7.15. The molecule has 2 fully saturated rings. The van der Waals surface area contributed by atoms with Gasteiger partial charge in [-0.3, -0.25) is 4.79 Å². The molecule has 6 heteroatoms. The first-order valence-corrected chi connectivity index (χ1v) is 8.63. The summed E-state index contributed by atoms with van der Waals surface area (Å²) in [6, 6.07) is 11.4. The number of ether oxygens (including phenoxy) is 1. The van der Waals surface area contributed by atoms with Crippen LogP contribution in [0.1, 0.15) is 28.9 Å². The molecule has 0 radical (unpaired) electrons. The van der Waals surface area contributed by atoms with Crippen molar-refractivity contribution >= 4 is 17.2 Å². The minimum Gasteiger partial charge on any atom is -0.508 e. The fraction of sp³-hybridized carbons (Fsp3) is 0.353. The largest absolute Gasteiger partial charge is 0.508 e. The predicted molar refractivity (Wildman–Crippen MR) is 88.3 cm³/mol. The SMILES string of the molecule is O=C(NC1CC2CCC1N2)c1ccc(Oc2cccc(O)c2)s1. The van der Waals surface area contributed by atoms with E-state index >= 15 is 0 Å². The Morgan fingerprint density at radius 2 is 2.22 bits per heavy atom. The number of fused-ring (bicyclic) bond motifs is 2. The second-order valence-corrected chi connectivity index (χ2v) is 7.13. The summed E-state index contributed by atoms with van der Waals surface area (Å²) in [5.41, 5.74) is 0. The van der Waals surface area contributed by atoms with Crippen LogP contribution in [0.5, 0.6) is 16.6 Å². The number of aromatic hydroxyl groups is 1. The monoisotopic (exact) mass is 330 g/mol. The van der Waals surface area contributed by atoms with Gasteiger partial charge in [-0.2, -0.15) is 0 Å². The second-order valence-electron chi connectivity index (χ2n) is 6.08.